The Hall–Kier alpha value is -1.93. The maximum atomic E-state index is 6.35. The van der Waals surface area contributed by atoms with E-state index in [-0.39, 0.29) is 11.2 Å². The lowest BCUT2D eigenvalue weighted by atomic mass is 9.99. The van der Waals surface area contributed by atoms with Crippen molar-refractivity contribution in [3.63, 3.8) is 0 Å². The van der Waals surface area contributed by atoms with E-state index in [4.69, 9.17) is 21.1 Å². The molecule has 25 heavy (non-hydrogen) atoms. The first-order chi connectivity index (χ1) is 11.6. The molecule has 0 radical (unpaired) electrons. The van der Waals surface area contributed by atoms with Crippen LogP contribution < -0.4 is 9.47 Å². The van der Waals surface area contributed by atoms with E-state index in [0.717, 1.165) is 33.0 Å². The molecule has 0 heterocycles. The Balaban J connectivity index is 2.45. The number of hydrogen-bond donors (Lipinski definition) is 0. The molecule has 3 rings (SSSR count). The maximum Gasteiger partial charge on any atom is 0.136 e. The Morgan fingerprint density at radius 1 is 0.640 bits per heavy atom. The Bertz CT molecular complexity index is 931. The lowest BCUT2D eigenvalue weighted by Gasteiger charge is -2.28. The zero-order chi connectivity index (χ0) is 18.4. The zero-order valence-corrected chi connectivity index (χ0v) is 16.5. The minimum atomic E-state index is -0.315. The summed E-state index contributed by atoms with van der Waals surface area (Å²) in [5, 5.41) is 4.75. The van der Waals surface area contributed by atoms with Gasteiger partial charge in [0.15, 0.2) is 0 Å². The van der Waals surface area contributed by atoms with Crippen molar-refractivity contribution in [3.05, 3.63) is 47.5 Å². The molecule has 3 heteroatoms. The van der Waals surface area contributed by atoms with Gasteiger partial charge in [-0.25, -0.2) is 0 Å². The highest BCUT2D eigenvalue weighted by Gasteiger charge is 2.23. The highest BCUT2D eigenvalue weighted by atomic mass is 35.5. The Kier molecular flexibility index (Phi) is 4.36. The molecule has 0 saturated heterocycles. The van der Waals surface area contributed by atoms with Crippen LogP contribution in [0.25, 0.3) is 21.5 Å². The van der Waals surface area contributed by atoms with Crippen molar-refractivity contribution in [2.24, 2.45) is 0 Å². The van der Waals surface area contributed by atoms with Gasteiger partial charge in [0.05, 0.1) is 0 Å². The molecule has 0 N–H and O–H groups in total. The van der Waals surface area contributed by atoms with Gasteiger partial charge in [0.25, 0.3) is 0 Å². The van der Waals surface area contributed by atoms with Crippen LogP contribution in [-0.2, 0) is 0 Å². The van der Waals surface area contributed by atoms with Crippen molar-refractivity contribution in [3.8, 4) is 11.5 Å². The van der Waals surface area contributed by atoms with E-state index in [2.05, 4.69) is 53.7 Å². The van der Waals surface area contributed by atoms with Crippen molar-refractivity contribution in [2.75, 3.05) is 0 Å². The average Bonchev–Trinajstić information content (AvgIpc) is 2.48. The predicted octanol–water partition coefficient (Wildman–Crippen LogP) is 7.00. The standard InChI is InChI=1S/C22H25ClO2/c1-21(2,3)24-19-15-9-7-8-10-16(15)20(25-22(4,5)6)18-13-14(23)11-12-17(18)19/h7-13H,1-6H3. The van der Waals surface area contributed by atoms with E-state index in [1.165, 1.54) is 0 Å². The van der Waals surface area contributed by atoms with Gasteiger partial charge in [0.1, 0.15) is 22.7 Å². The van der Waals surface area contributed by atoms with E-state index < -0.39 is 0 Å². The van der Waals surface area contributed by atoms with Gasteiger partial charge in [-0.2, -0.15) is 0 Å². The SMILES string of the molecule is CC(C)(C)Oc1c2ccccc2c(OC(C)(C)C)c2cc(Cl)ccc12. The fraction of sp³-hybridized carbons (Fsp3) is 0.364. The van der Waals surface area contributed by atoms with Crippen LogP contribution >= 0.6 is 11.6 Å². The monoisotopic (exact) mass is 356 g/mol. The summed E-state index contributed by atoms with van der Waals surface area (Å²) in [6.45, 7) is 12.3. The molecule has 0 bridgehead atoms. The van der Waals surface area contributed by atoms with Gasteiger partial charge in [-0.15, -0.1) is 0 Å². The normalized spacial score (nSPS) is 12.6. The molecule has 0 aliphatic carbocycles. The van der Waals surface area contributed by atoms with Crippen LogP contribution in [0.3, 0.4) is 0 Å². The first-order valence-corrected chi connectivity index (χ1v) is 8.95. The van der Waals surface area contributed by atoms with E-state index in [0.29, 0.717) is 5.02 Å². The second-order valence-corrected chi connectivity index (χ2v) is 8.76. The van der Waals surface area contributed by atoms with E-state index >= 15 is 0 Å². The van der Waals surface area contributed by atoms with E-state index in [1.807, 2.05) is 30.3 Å². The van der Waals surface area contributed by atoms with Crippen LogP contribution in [0.15, 0.2) is 42.5 Å². The summed E-state index contributed by atoms with van der Waals surface area (Å²) >= 11 is 6.30. The largest absolute Gasteiger partial charge is 0.487 e. The third-order valence-corrected chi connectivity index (χ3v) is 3.94. The summed E-state index contributed by atoms with van der Waals surface area (Å²) in [5.41, 5.74) is -0.619. The number of halogens is 1. The van der Waals surface area contributed by atoms with Crippen LogP contribution in [-0.4, -0.2) is 11.2 Å². The summed E-state index contributed by atoms with van der Waals surface area (Å²) in [5.74, 6) is 1.72. The summed E-state index contributed by atoms with van der Waals surface area (Å²) in [6, 6.07) is 14.1. The second-order valence-electron chi connectivity index (χ2n) is 8.32. The van der Waals surface area contributed by atoms with Gasteiger partial charge < -0.3 is 9.47 Å². The number of fused-ring (bicyclic) bond motifs is 2. The third-order valence-electron chi connectivity index (χ3n) is 3.70. The number of hydrogen-bond acceptors (Lipinski definition) is 2. The highest BCUT2D eigenvalue weighted by Crippen LogP contribution is 2.45. The molecule has 0 aliphatic heterocycles. The number of benzene rings is 3. The topological polar surface area (TPSA) is 18.5 Å². The van der Waals surface area contributed by atoms with Crippen molar-refractivity contribution >= 4 is 33.1 Å². The van der Waals surface area contributed by atoms with Crippen molar-refractivity contribution in [2.45, 2.75) is 52.7 Å². The maximum absolute atomic E-state index is 6.35. The molecule has 3 aromatic carbocycles. The van der Waals surface area contributed by atoms with Gasteiger partial charge in [0.2, 0.25) is 0 Å². The number of ether oxygens (including phenoxy) is 2. The lowest BCUT2D eigenvalue weighted by Crippen LogP contribution is -2.24. The molecule has 0 aliphatic rings. The van der Waals surface area contributed by atoms with Crippen LogP contribution in [0.4, 0.5) is 0 Å². The molecule has 2 nitrogen and oxygen atoms in total. The first-order valence-electron chi connectivity index (χ1n) is 8.57. The van der Waals surface area contributed by atoms with Crippen molar-refractivity contribution in [1.29, 1.82) is 0 Å². The van der Waals surface area contributed by atoms with E-state index in [9.17, 15) is 0 Å². The smallest absolute Gasteiger partial charge is 0.136 e. The molecule has 132 valence electrons. The quantitative estimate of drug-likeness (QED) is 0.460. The fourth-order valence-corrected chi connectivity index (χ4v) is 3.08. The Morgan fingerprint density at radius 3 is 1.56 bits per heavy atom. The number of rotatable bonds is 2. The Labute approximate surface area is 154 Å². The van der Waals surface area contributed by atoms with Gasteiger partial charge in [-0.3, -0.25) is 0 Å². The molecule has 3 aromatic rings. The van der Waals surface area contributed by atoms with Crippen LogP contribution in [0.1, 0.15) is 41.5 Å². The van der Waals surface area contributed by atoms with Crippen LogP contribution in [0.2, 0.25) is 5.02 Å². The molecule has 0 atom stereocenters. The molecular formula is C22H25ClO2. The third kappa shape index (κ3) is 3.85. The predicted molar refractivity (Wildman–Crippen MR) is 107 cm³/mol. The molecule has 0 saturated carbocycles. The Morgan fingerprint density at radius 2 is 1.08 bits per heavy atom. The van der Waals surface area contributed by atoms with Gasteiger partial charge in [0, 0.05) is 26.6 Å². The lowest BCUT2D eigenvalue weighted by molar-refractivity contribution is 0.131. The zero-order valence-electron chi connectivity index (χ0n) is 15.7. The average molecular weight is 357 g/mol. The molecule has 0 spiro atoms. The minimum absolute atomic E-state index is 0.304. The molecule has 0 amide bonds. The molecule has 0 unspecified atom stereocenters. The first kappa shape index (κ1) is 17.9. The summed E-state index contributed by atoms with van der Waals surface area (Å²) in [4.78, 5) is 0. The van der Waals surface area contributed by atoms with E-state index in [1.54, 1.807) is 0 Å². The molecule has 0 aromatic heterocycles. The van der Waals surface area contributed by atoms with Gasteiger partial charge in [-0.1, -0.05) is 35.9 Å². The van der Waals surface area contributed by atoms with Crippen molar-refractivity contribution < 1.29 is 9.47 Å². The molecule has 0 fully saturated rings. The van der Waals surface area contributed by atoms with Gasteiger partial charge in [-0.05, 0) is 59.7 Å². The summed E-state index contributed by atoms with van der Waals surface area (Å²) < 4.78 is 12.7. The van der Waals surface area contributed by atoms with Crippen LogP contribution in [0.5, 0.6) is 11.5 Å². The van der Waals surface area contributed by atoms with Crippen molar-refractivity contribution in [1.82, 2.24) is 0 Å². The second kappa shape index (κ2) is 6.10. The van der Waals surface area contributed by atoms with Crippen LogP contribution in [0, 0.1) is 0 Å². The van der Waals surface area contributed by atoms with Gasteiger partial charge >= 0.3 is 0 Å². The fourth-order valence-electron chi connectivity index (χ4n) is 2.90. The molecular weight excluding hydrogens is 332 g/mol. The minimum Gasteiger partial charge on any atom is -0.487 e. The highest BCUT2D eigenvalue weighted by molar-refractivity contribution is 6.31. The summed E-state index contributed by atoms with van der Waals surface area (Å²) in [6.07, 6.45) is 0. The summed E-state index contributed by atoms with van der Waals surface area (Å²) in [7, 11) is 0.